The fourth-order valence-electron chi connectivity index (χ4n) is 7.69. The predicted molar refractivity (Wildman–Crippen MR) is 244 cm³/mol. The van der Waals surface area contributed by atoms with Gasteiger partial charge in [-0.05, 0) is 59.8 Å². The highest BCUT2D eigenvalue weighted by Gasteiger charge is 2.56. The van der Waals surface area contributed by atoms with Crippen molar-refractivity contribution in [1.29, 1.82) is 0 Å². The molecule has 7 atom stereocenters. The number of hydrogen-bond acceptors (Lipinski definition) is 17. The van der Waals surface area contributed by atoms with E-state index in [-0.39, 0.29) is 30.6 Å². The molecule has 21 heteroatoms. The van der Waals surface area contributed by atoms with E-state index < -0.39 is 96.6 Å². The highest BCUT2D eigenvalue weighted by molar-refractivity contribution is 5.99. The van der Waals surface area contributed by atoms with Crippen LogP contribution in [0.1, 0.15) is 64.2 Å². The molecular weight excluding hydrogens is 903 g/mol. The lowest BCUT2D eigenvalue weighted by Gasteiger charge is -2.43. The van der Waals surface area contributed by atoms with Gasteiger partial charge in [0.05, 0.1) is 12.8 Å². The Balaban J connectivity index is 1.36. The van der Waals surface area contributed by atoms with Crippen molar-refractivity contribution < 1.29 is 76.3 Å². The molecule has 2 aliphatic rings. The Bertz CT molecular complexity index is 2330. The molecule has 3 aromatic carbocycles. The zero-order chi connectivity index (χ0) is 50.5. The number of carbonyl (C=O) groups excluding carboxylic acids is 8. The molecule has 0 spiro atoms. The first-order valence-corrected chi connectivity index (χ1v) is 22.1. The molecule has 0 unspecified atom stereocenters. The van der Waals surface area contributed by atoms with Crippen LogP contribution in [-0.2, 0) is 68.5 Å². The first-order chi connectivity index (χ1) is 32.8. The largest absolute Gasteiger partial charge is 0.467 e. The molecule has 21 nitrogen and oxygen atoms in total. The molecular formula is C48H59N5O16. The zero-order valence-corrected chi connectivity index (χ0v) is 39.9. The summed E-state index contributed by atoms with van der Waals surface area (Å²) < 4.78 is 44.6. The molecule has 1 aliphatic heterocycles. The summed E-state index contributed by atoms with van der Waals surface area (Å²) in [6, 6.07) is 17.6. The van der Waals surface area contributed by atoms with Crippen LogP contribution in [0.5, 0.6) is 5.75 Å². The van der Waals surface area contributed by atoms with Gasteiger partial charge in [-0.2, -0.15) is 0 Å². The molecule has 4 N–H and O–H groups in total. The van der Waals surface area contributed by atoms with Crippen molar-refractivity contribution in [2.45, 2.75) is 96.9 Å². The zero-order valence-electron chi connectivity index (χ0n) is 39.9. The quantitative estimate of drug-likeness (QED) is 0.0989. The van der Waals surface area contributed by atoms with Crippen LogP contribution in [0.25, 0.3) is 11.1 Å². The number of anilines is 1. The number of nitrogens with one attached hydrogen (secondary N) is 4. The van der Waals surface area contributed by atoms with Crippen molar-refractivity contribution in [3.05, 3.63) is 83.4 Å². The summed E-state index contributed by atoms with van der Waals surface area (Å²) in [5, 5.41) is 10.9. The van der Waals surface area contributed by atoms with E-state index in [0.717, 1.165) is 50.1 Å². The van der Waals surface area contributed by atoms with Crippen LogP contribution < -0.4 is 26.0 Å². The molecule has 4 amide bonds. The average molecular weight is 962 g/mol. The Morgan fingerprint density at radius 3 is 1.91 bits per heavy atom. The molecule has 69 heavy (non-hydrogen) atoms. The number of benzene rings is 3. The van der Waals surface area contributed by atoms with E-state index in [1.165, 1.54) is 30.0 Å². The number of fused-ring (bicyclic) bond motifs is 3. The van der Waals surface area contributed by atoms with Gasteiger partial charge in [-0.15, -0.1) is 0 Å². The third-order valence-electron chi connectivity index (χ3n) is 11.1. The van der Waals surface area contributed by atoms with Crippen LogP contribution in [-0.4, -0.2) is 136 Å². The molecule has 372 valence electrons. The van der Waals surface area contributed by atoms with Gasteiger partial charge >= 0.3 is 36.1 Å². The number of rotatable bonds is 19. The first kappa shape index (κ1) is 52.7. The van der Waals surface area contributed by atoms with E-state index in [2.05, 4.69) is 21.3 Å². The molecule has 0 aromatic heterocycles. The number of esters is 4. The Morgan fingerprint density at radius 2 is 1.33 bits per heavy atom. The second-order valence-corrected chi connectivity index (χ2v) is 16.6. The maximum Gasteiger partial charge on any atom is 0.409 e. The van der Waals surface area contributed by atoms with Crippen LogP contribution in [0.2, 0.25) is 0 Å². The fraction of sp³-hybridized carbons (Fsp3) is 0.458. The molecule has 3 aromatic rings. The van der Waals surface area contributed by atoms with E-state index in [1.54, 1.807) is 27.9 Å². The van der Waals surface area contributed by atoms with Gasteiger partial charge in [0.25, 0.3) is 0 Å². The summed E-state index contributed by atoms with van der Waals surface area (Å²) in [4.78, 5) is 105. The lowest BCUT2D eigenvalue weighted by molar-refractivity contribution is -0.282. The smallest absolute Gasteiger partial charge is 0.409 e. The van der Waals surface area contributed by atoms with Crippen LogP contribution in [0.15, 0.2) is 66.7 Å². The molecule has 0 saturated carbocycles. The van der Waals surface area contributed by atoms with Crippen LogP contribution in [0, 0.1) is 5.92 Å². The number of ether oxygens (including phenoxy) is 8. The van der Waals surface area contributed by atoms with Gasteiger partial charge in [-0.3, -0.25) is 24.0 Å². The lowest BCUT2D eigenvalue weighted by atomic mass is 9.97. The Kier molecular flexibility index (Phi) is 18.4. The van der Waals surface area contributed by atoms with Gasteiger partial charge in [0.1, 0.15) is 31.0 Å². The maximum atomic E-state index is 13.9. The van der Waals surface area contributed by atoms with Gasteiger partial charge in [0.15, 0.2) is 18.3 Å². The summed E-state index contributed by atoms with van der Waals surface area (Å²) in [6.07, 6.45) is -10.2. The summed E-state index contributed by atoms with van der Waals surface area (Å²) in [5.74, 6) is -6.17. The second kappa shape index (κ2) is 24.2. The Morgan fingerprint density at radius 1 is 0.739 bits per heavy atom. The maximum absolute atomic E-state index is 13.9. The van der Waals surface area contributed by atoms with Crippen LogP contribution in [0.4, 0.5) is 15.3 Å². The van der Waals surface area contributed by atoms with Gasteiger partial charge in [0, 0.05) is 46.8 Å². The second-order valence-electron chi connectivity index (χ2n) is 16.6. The minimum absolute atomic E-state index is 0.0124. The molecule has 0 radical (unpaired) electrons. The lowest BCUT2D eigenvalue weighted by Crippen LogP contribution is -2.64. The average Bonchev–Trinajstić information content (AvgIpc) is 3.63. The monoisotopic (exact) mass is 961 g/mol. The standard InChI is InChI=1S/C48H59N5O16/c1-25(2)38(52-47(60)63-24-35-33-16-12-10-14-31(33)32-15-11-13-17-34(32)35)44(58)50-26(3)43(57)51-36-19-18-30(23-64-48(61)53(8)21-20-49-7)22-37(36)68-46-42(67-29(6)56)40(66-28(5)55)39(65-27(4)54)41(69-46)45(59)62-9/h10-19,22,25-26,35,38-42,46,49H,20-21,23-24H2,1-9H3,(H,50,58)(H,51,57)(H,52,60)/t26-,38-,39-,40-,41-,42+,46+/m0/s1. The predicted octanol–water partition coefficient (Wildman–Crippen LogP) is 3.55. The molecule has 1 fully saturated rings. The van der Waals surface area contributed by atoms with Crippen molar-refractivity contribution in [2.24, 2.45) is 5.92 Å². The number of nitrogens with zero attached hydrogens (tertiary/aromatic N) is 1. The van der Waals surface area contributed by atoms with Gasteiger partial charge in [-0.25, -0.2) is 14.4 Å². The fourth-order valence-corrected chi connectivity index (χ4v) is 7.69. The normalized spacial score (nSPS) is 19.0. The molecule has 5 rings (SSSR count). The van der Waals surface area contributed by atoms with Gasteiger partial charge in [-0.1, -0.05) is 68.4 Å². The topological polar surface area (TPSA) is 262 Å². The number of methoxy groups -OCH3 is 1. The highest BCUT2D eigenvalue weighted by Crippen LogP contribution is 2.44. The highest BCUT2D eigenvalue weighted by atomic mass is 16.7. The van der Waals surface area contributed by atoms with Gasteiger partial charge < -0.3 is 64.1 Å². The molecule has 1 heterocycles. The van der Waals surface area contributed by atoms with Crippen molar-refractivity contribution in [3.63, 3.8) is 0 Å². The Hall–Kier alpha value is -7.26. The van der Waals surface area contributed by atoms with Crippen molar-refractivity contribution in [1.82, 2.24) is 20.9 Å². The van der Waals surface area contributed by atoms with Crippen LogP contribution in [0.3, 0.4) is 0 Å². The number of likely N-dealkylation sites (N-methyl/N-ethyl adjacent to an activating group) is 2. The summed E-state index contributed by atoms with van der Waals surface area (Å²) >= 11 is 0. The summed E-state index contributed by atoms with van der Waals surface area (Å²) in [5.41, 5.74) is 4.38. The van der Waals surface area contributed by atoms with Crippen molar-refractivity contribution in [3.8, 4) is 16.9 Å². The van der Waals surface area contributed by atoms with Crippen molar-refractivity contribution in [2.75, 3.05) is 46.2 Å². The first-order valence-electron chi connectivity index (χ1n) is 22.1. The van der Waals surface area contributed by atoms with Gasteiger partial charge in [0.2, 0.25) is 24.2 Å². The summed E-state index contributed by atoms with van der Waals surface area (Å²) in [7, 11) is 4.30. The summed E-state index contributed by atoms with van der Waals surface area (Å²) in [6.45, 7) is 8.46. The molecule has 1 saturated heterocycles. The van der Waals surface area contributed by atoms with Crippen LogP contribution >= 0.6 is 0 Å². The third kappa shape index (κ3) is 13.7. The minimum Gasteiger partial charge on any atom is -0.467 e. The number of alkyl carbamates (subject to hydrolysis) is 1. The van der Waals surface area contributed by atoms with E-state index >= 15 is 0 Å². The number of hydrogen-bond donors (Lipinski definition) is 4. The number of amides is 4. The molecule has 1 aliphatic carbocycles. The van der Waals surface area contributed by atoms with E-state index in [4.69, 9.17) is 37.9 Å². The van der Waals surface area contributed by atoms with Crippen molar-refractivity contribution >= 4 is 53.6 Å². The third-order valence-corrected chi connectivity index (χ3v) is 11.1. The minimum atomic E-state index is -1.83. The Labute approximate surface area is 399 Å². The molecule has 0 bridgehead atoms. The van der Waals surface area contributed by atoms with E-state index in [9.17, 15) is 38.4 Å². The van der Waals surface area contributed by atoms with E-state index in [1.807, 2.05) is 48.5 Å². The number of carbonyl (C=O) groups is 8. The van der Waals surface area contributed by atoms with E-state index in [0.29, 0.717) is 18.7 Å². The SMILES string of the molecule is CNCCN(C)C(=O)OCc1ccc(NC(=O)[C@H](C)NC(=O)[C@@H](NC(=O)OCC2c3ccccc3-c3ccccc32)C(C)C)c(O[C@@H]2O[C@H](C(=O)OC)[C@@H](OC(C)=O)[C@H](OC(C)=O)[C@H]2OC(C)=O)c1.